The van der Waals surface area contributed by atoms with Crippen LogP contribution in [0.4, 0.5) is 0 Å². The molecule has 1 aliphatic rings. The van der Waals surface area contributed by atoms with Crippen LogP contribution in [0.25, 0.3) is 11.0 Å². The summed E-state index contributed by atoms with van der Waals surface area (Å²) >= 11 is 0. The maximum atomic E-state index is 12.0. The van der Waals surface area contributed by atoms with Crippen molar-refractivity contribution in [2.45, 2.75) is 19.5 Å². The highest BCUT2D eigenvalue weighted by Crippen LogP contribution is 2.25. The van der Waals surface area contributed by atoms with Crippen molar-refractivity contribution in [2.24, 2.45) is 0 Å². The summed E-state index contributed by atoms with van der Waals surface area (Å²) in [4.78, 5) is 16.9. The fourth-order valence-electron chi connectivity index (χ4n) is 3.96. The SMILES string of the molecule is COc1ccc2c(CN3CCN(C(C)c4ccccc4)CC3)cc(=O)oc2c1. The van der Waals surface area contributed by atoms with E-state index in [0.29, 0.717) is 17.4 Å². The highest BCUT2D eigenvalue weighted by atomic mass is 16.5. The van der Waals surface area contributed by atoms with Gasteiger partial charge in [-0.05, 0) is 30.2 Å². The first-order chi connectivity index (χ1) is 13.6. The van der Waals surface area contributed by atoms with Gasteiger partial charge in [0.1, 0.15) is 11.3 Å². The lowest BCUT2D eigenvalue weighted by molar-refractivity contribution is 0.0980. The second-order valence-electron chi connectivity index (χ2n) is 7.35. The van der Waals surface area contributed by atoms with Crippen molar-refractivity contribution in [3.8, 4) is 5.75 Å². The van der Waals surface area contributed by atoms with Crippen molar-refractivity contribution in [2.75, 3.05) is 33.3 Å². The van der Waals surface area contributed by atoms with Crippen molar-refractivity contribution in [3.63, 3.8) is 0 Å². The van der Waals surface area contributed by atoms with Crippen molar-refractivity contribution in [1.82, 2.24) is 9.80 Å². The molecule has 1 unspecified atom stereocenters. The van der Waals surface area contributed by atoms with E-state index in [1.807, 2.05) is 12.1 Å². The van der Waals surface area contributed by atoms with Gasteiger partial charge < -0.3 is 9.15 Å². The smallest absolute Gasteiger partial charge is 0.336 e. The van der Waals surface area contributed by atoms with Gasteiger partial charge in [0.15, 0.2) is 0 Å². The third kappa shape index (κ3) is 3.96. The number of benzene rings is 2. The molecule has 0 spiro atoms. The molecule has 1 fully saturated rings. The standard InChI is InChI=1S/C23H26N2O3/c1-17(18-6-4-3-5-7-18)25-12-10-24(11-13-25)16-19-14-23(26)28-22-15-20(27-2)8-9-21(19)22/h3-9,14-15,17H,10-13,16H2,1-2H3. The van der Waals surface area contributed by atoms with E-state index in [2.05, 4.69) is 47.1 Å². The first-order valence-electron chi connectivity index (χ1n) is 9.76. The minimum Gasteiger partial charge on any atom is -0.497 e. The second-order valence-corrected chi connectivity index (χ2v) is 7.35. The largest absolute Gasteiger partial charge is 0.497 e. The Morgan fingerprint density at radius 3 is 2.50 bits per heavy atom. The molecule has 1 aromatic heterocycles. The number of hydrogen-bond acceptors (Lipinski definition) is 5. The van der Waals surface area contributed by atoms with E-state index < -0.39 is 0 Å². The molecule has 0 N–H and O–H groups in total. The summed E-state index contributed by atoms with van der Waals surface area (Å²) in [5.74, 6) is 0.691. The Morgan fingerprint density at radius 1 is 1.04 bits per heavy atom. The highest BCUT2D eigenvalue weighted by molar-refractivity contribution is 5.81. The molecule has 0 bridgehead atoms. The zero-order valence-corrected chi connectivity index (χ0v) is 16.4. The van der Waals surface area contributed by atoms with Crippen molar-refractivity contribution < 1.29 is 9.15 Å². The number of rotatable bonds is 5. The summed E-state index contributed by atoms with van der Waals surface area (Å²) < 4.78 is 10.6. The summed E-state index contributed by atoms with van der Waals surface area (Å²) in [5, 5.41) is 0.973. The molecule has 5 heteroatoms. The van der Waals surface area contributed by atoms with Gasteiger partial charge in [0.25, 0.3) is 0 Å². The lowest BCUT2D eigenvalue weighted by atomic mass is 10.1. The minimum absolute atomic E-state index is 0.313. The number of methoxy groups -OCH3 is 1. The Bertz CT molecular complexity index is 992. The topological polar surface area (TPSA) is 45.9 Å². The number of nitrogens with zero attached hydrogens (tertiary/aromatic N) is 2. The Kier molecular flexibility index (Phi) is 5.46. The van der Waals surface area contributed by atoms with Crippen LogP contribution in [-0.2, 0) is 6.54 Å². The Morgan fingerprint density at radius 2 is 1.79 bits per heavy atom. The normalized spacial score (nSPS) is 16.9. The number of ether oxygens (including phenoxy) is 1. The van der Waals surface area contributed by atoms with Gasteiger partial charge in [-0.1, -0.05) is 30.3 Å². The molecule has 3 aromatic rings. The van der Waals surface area contributed by atoms with Crippen LogP contribution in [0.15, 0.2) is 63.8 Å². The van der Waals surface area contributed by atoms with Crippen LogP contribution in [0.1, 0.15) is 24.1 Å². The average molecular weight is 378 g/mol. The van der Waals surface area contributed by atoms with E-state index >= 15 is 0 Å². The van der Waals surface area contributed by atoms with E-state index in [1.165, 1.54) is 5.56 Å². The molecule has 1 atom stereocenters. The van der Waals surface area contributed by atoms with E-state index in [-0.39, 0.29) is 5.63 Å². The van der Waals surface area contributed by atoms with Gasteiger partial charge in [0.2, 0.25) is 0 Å². The Labute approximate surface area is 165 Å². The third-order valence-electron chi connectivity index (χ3n) is 5.67. The molecule has 0 amide bonds. The van der Waals surface area contributed by atoms with Gasteiger partial charge in [-0.15, -0.1) is 0 Å². The molecule has 1 saturated heterocycles. The molecule has 2 aromatic carbocycles. The third-order valence-corrected chi connectivity index (χ3v) is 5.67. The summed E-state index contributed by atoms with van der Waals surface area (Å²) in [6.45, 7) is 7.02. The molecule has 0 radical (unpaired) electrons. The molecule has 28 heavy (non-hydrogen) atoms. The molecule has 4 rings (SSSR count). The van der Waals surface area contributed by atoms with Crippen molar-refractivity contribution in [3.05, 3.63) is 76.1 Å². The van der Waals surface area contributed by atoms with Gasteiger partial charge in [-0.25, -0.2) is 4.79 Å². The average Bonchev–Trinajstić information content (AvgIpc) is 2.74. The van der Waals surface area contributed by atoms with Crippen LogP contribution < -0.4 is 10.4 Å². The van der Waals surface area contributed by atoms with E-state index in [9.17, 15) is 4.79 Å². The lowest BCUT2D eigenvalue weighted by Gasteiger charge is -2.38. The number of fused-ring (bicyclic) bond motifs is 1. The first-order valence-corrected chi connectivity index (χ1v) is 9.76. The Hall–Kier alpha value is -2.63. The summed E-state index contributed by atoms with van der Waals surface area (Å²) in [6, 6.07) is 18.3. The highest BCUT2D eigenvalue weighted by Gasteiger charge is 2.22. The quantitative estimate of drug-likeness (QED) is 0.634. The maximum absolute atomic E-state index is 12.0. The van der Waals surface area contributed by atoms with Crippen LogP contribution >= 0.6 is 0 Å². The van der Waals surface area contributed by atoms with Gasteiger partial charge in [0.05, 0.1) is 7.11 Å². The van der Waals surface area contributed by atoms with Gasteiger partial charge >= 0.3 is 5.63 Å². The monoisotopic (exact) mass is 378 g/mol. The van der Waals surface area contributed by atoms with Crippen molar-refractivity contribution >= 4 is 11.0 Å². The van der Waals surface area contributed by atoms with Crippen LogP contribution in [0.3, 0.4) is 0 Å². The predicted octanol–water partition coefficient (Wildman–Crippen LogP) is 3.68. The molecule has 1 aliphatic heterocycles. The fourth-order valence-corrected chi connectivity index (χ4v) is 3.96. The summed E-state index contributed by atoms with van der Waals surface area (Å²) in [5.41, 5.74) is 2.64. The lowest BCUT2D eigenvalue weighted by Crippen LogP contribution is -2.46. The van der Waals surface area contributed by atoms with Gasteiger partial charge in [-0.2, -0.15) is 0 Å². The Balaban J connectivity index is 1.46. The van der Waals surface area contributed by atoms with Crippen LogP contribution in [0.5, 0.6) is 5.75 Å². The number of hydrogen-bond donors (Lipinski definition) is 0. The molecule has 2 heterocycles. The van der Waals surface area contributed by atoms with Gasteiger partial charge in [-0.3, -0.25) is 9.80 Å². The summed E-state index contributed by atoms with van der Waals surface area (Å²) in [6.07, 6.45) is 0. The van der Waals surface area contributed by atoms with Crippen LogP contribution in [-0.4, -0.2) is 43.1 Å². The van der Waals surface area contributed by atoms with Gasteiger partial charge in [0, 0.05) is 56.3 Å². The van der Waals surface area contributed by atoms with Crippen LogP contribution in [0.2, 0.25) is 0 Å². The zero-order valence-electron chi connectivity index (χ0n) is 16.4. The molecule has 0 aliphatic carbocycles. The molecule has 146 valence electrons. The molecule has 5 nitrogen and oxygen atoms in total. The fraction of sp³-hybridized carbons (Fsp3) is 0.348. The van der Waals surface area contributed by atoms with Crippen LogP contribution in [0, 0.1) is 0 Å². The maximum Gasteiger partial charge on any atom is 0.336 e. The van der Waals surface area contributed by atoms with E-state index in [4.69, 9.17) is 9.15 Å². The predicted molar refractivity (Wildman–Crippen MR) is 111 cm³/mol. The molecular formula is C23H26N2O3. The van der Waals surface area contributed by atoms with E-state index in [0.717, 1.165) is 43.7 Å². The second kappa shape index (κ2) is 8.17. The minimum atomic E-state index is -0.313. The molecule has 0 saturated carbocycles. The zero-order chi connectivity index (χ0) is 19.5. The summed E-state index contributed by atoms with van der Waals surface area (Å²) in [7, 11) is 1.61. The van der Waals surface area contributed by atoms with E-state index in [1.54, 1.807) is 19.2 Å². The molecular weight excluding hydrogens is 352 g/mol. The van der Waals surface area contributed by atoms with Crippen molar-refractivity contribution in [1.29, 1.82) is 0 Å². The number of piperazine rings is 1. The first kappa shape index (κ1) is 18.7.